The molecule has 0 radical (unpaired) electrons. The minimum Gasteiger partial charge on any atom is -0.317 e. The molecule has 7 nitrogen and oxygen atoms in total. The Morgan fingerprint density at radius 3 is 2.39 bits per heavy atom. The topological polar surface area (TPSA) is 66.3 Å². The molecular formula is C19H30Cl2N6O. The molecule has 0 spiro atoms. The molecule has 1 fully saturated rings. The van der Waals surface area contributed by atoms with Gasteiger partial charge >= 0.3 is 0 Å². The van der Waals surface area contributed by atoms with Crippen molar-refractivity contribution in [2.24, 2.45) is 0 Å². The van der Waals surface area contributed by atoms with Gasteiger partial charge in [0.05, 0.1) is 11.7 Å². The van der Waals surface area contributed by atoms with E-state index in [1.54, 1.807) is 4.90 Å². The van der Waals surface area contributed by atoms with Crippen LogP contribution in [0.2, 0.25) is 0 Å². The molecule has 0 unspecified atom stereocenters. The average Bonchev–Trinajstić information content (AvgIpc) is 3.04. The van der Waals surface area contributed by atoms with E-state index < -0.39 is 0 Å². The third-order valence-corrected chi connectivity index (χ3v) is 4.87. The molecule has 28 heavy (non-hydrogen) atoms. The van der Waals surface area contributed by atoms with Gasteiger partial charge in [0.25, 0.3) is 5.91 Å². The smallest absolute Gasteiger partial charge is 0.280 e. The number of hydrogen-bond donors (Lipinski definition) is 1. The second kappa shape index (κ2) is 11.4. The summed E-state index contributed by atoms with van der Waals surface area (Å²) in [4.78, 5) is 17.1. The van der Waals surface area contributed by atoms with Gasteiger partial charge < -0.3 is 15.1 Å². The standard InChI is InChI=1S/C19H28N6O.2ClH/c1-15-18(21-22-25(15)17-9-11-20-12-10-17)19(26)24(14-13-23(2)3)16-7-5-4-6-8-16;;/h4-8,17,20H,9-14H2,1-3H3;2*1H. The van der Waals surface area contributed by atoms with Gasteiger partial charge in [-0.3, -0.25) is 4.79 Å². The number of hydrogen-bond acceptors (Lipinski definition) is 5. The summed E-state index contributed by atoms with van der Waals surface area (Å²) in [6, 6.07) is 10.1. The maximum atomic E-state index is 13.3. The van der Waals surface area contributed by atoms with Gasteiger partial charge in [0.1, 0.15) is 0 Å². The summed E-state index contributed by atoms with van der Waals surface area (Å²) in [5.74, 6) is -0.0873. The molecular weight excluding hydrogens is 399 g/mol. The molecule has 0 bridgehead atoms. The van der Waals surface area contributed by atoms with Crippen LogP contribution in [-0.2, 0) is 0 Å². The molecule has 1 N–H and O–H groups in total. The van der Waals surface area contributed by atoms with Crippen LogP contribution >= 0.6 is 24.8 Å². The molecule has 0 aliphatic carbocycles. The maximum absolute atomic E-state index is 13.3. The fraction of sp³-hybridized carbons (Fsp3) is 0.526. The number of para-hydroxylation sites is 1. The van der Waals surface area contributed by atoms with Crippen LogP contribution in [0.4, 0.5) is 5.69 Å². The molecule has 2 heterocycles. The van der Waals surface area contributed by atoms with Crippen molar-refractivity contribution in [2.75, 3.05) is 45.2 Å². The van der Waals surface area contributed by atoms with E-state index in [-0.39, 0.29) is 30.7 Å². The van der Waals surface area contributed by atoms with Gasteiger partial charge in [-0.25, -0.2) is 4.68 Å². The second-order valence-corrected chi connectivity index (χ2v) is 7.04. The lowest BCUT2D eigenvalue weighted by Crippen LogP contribution is -2.37. The van der Waals surface area contributed by atoms with Gasteiger partial charge in [-0.2, -0.15) is 0 Å². The van der Waals surface area contributed by atoms with Crippen LogP contribution in [0.3, 0.4) is 0 Å². The molecule has 1 aromatic carbocycles. The number of rotatable bonds is 6. The number of likely N-dealkylation sites (N-methyl/N-ethyl adjacent to an activating group) is 1. The number of anilines is 1. The van der Waals surface area contributed by atoms with E-state index in [9.17, 15) is 4.79 Å². The number of carbonyl (C=O) groups excluding carboxylic acids is 1. The highest BCUT2D eigenvalue weighted by molar-refractivity contribution is 6.05. The molecule has 0 saturated carbocycles. The van der Waals surface area contributed by atoms with E-state index in [1.165, 1.54) is 0 Å². The molecule has 1 aliphatic rings. The third kappa shape index (κ3) is 5.67. The predicted molar refractivity (Wildman–Crippen MR) is 117 cm³/mol. The summed E-state index contributed by atoms with van der Waals surface area (Å²) < 4.78 is 1.93. The number of piperidine rings is 1. The molecule has 2 aromatic rings. The van der Waals surface area contributed by atoms with Gasteiger partial charge in [0.15, 0.2) is 5.69 Å². The van der Waals surface area contributed by atoms with Crippen LogP contribution in [0.5, 0.6) is 0 Å². The van der Waals surface area contributed by atoms with Crippen molar-refractivity contribution in [1.29, 1.82) is 0 Å². The monoisotopic (exact) mass is 428 g/mol. The number of halogens is 2. The van der Waals surface area contributed by atoms with Gasteiger partial charge in [0.2, 0.25) is 0 Å². The number of aromatic nitrogens is 3. The molecule has 1 saturated heterocycles. The highest BCUT2D eigenvalue weighted by Crippen LogP contribution is 2.22. The summed E-state index contributed by atoms with van der Waals surface area (Å²) in [6.07, 6.45) is 2.03. The van der Waals surface area contributed by atoms with Crippen molar-refractivity contribution in [1.82, 2.24) is 25.2 Å². The summed E-state index contributed by atoms with van der Waals surface area (Å²) in [5, 5.41) is 11.9. The molecule has 1 amide bonds. The van der Waals surface area contributed by atoms with Crippen molar-refractivity contribution >= 4 is 36.4 Å². The van der Waals surface area contributed by atoms with E-state index in [0.717, 1.165) is 43.9 Å². The van der Waals surface area contributed by atoms with E-state index in [1.807, 2.05) is 56.0 Å². The maximum Gasteiger partial charge on any atom is 0.280 e. The minimum atomic E-state index is -0.0873. The highest BCUT2D eigenvalue weighted by Gasteiger charge is 2.26. The quantitative estimate of drug-likeness (QED) is 0.765. The van der Waals surface area contributed by atoms with Crippen molar-refractivity contribution in [2.45, 2.75) is 25.8 Å². The highest BCUT2D eigenvalue weighted by atomic mass is 35.5. The normalized spacial score (nSPS) is 14.3. The Balaban J connectivity index is 0.00000196. The Morgan fingerprint density at radius 1 is 1.14 bits per heavy atom. The number of nitrogens with zero attached hydrogens (tertiary/aromatic N) is 5. The largest absolute Gasteiger partial charge is 0.317 e. The van der Waals surface area contributed by atoms with E-state index in [4.69, 9.17) is 0 Å². The van der Waals surface area contributed by atoms with Crippen LogP contribution in [0, 0.1) is 6.92 Å². The summed E-state index contributed by atoms with van der Waals surface area (Å²) >= 11 is 0. The van der Waals surface area contributed by atoms with Crippen molar-refractivity contribution < 1.29 is 4.79 Å². The lowest BCUT2D eigenvalue weighted by molar-refractivity contribution is 0.0979. The van der Waals surface area contributed by atoms with Gasteiger partial charge in [-0.05, 0) is 59.1 Å². The summed E-state index contributed by atoms with van der Waals surface area (Å²) in [7, 11) is 4.01. The van der Waals surface area contributed by atoms with Gasteiger partial charge in [0, 0.05) is 18.8 Å². The molecule has 0 atom stereocenters. The Morgan fingerprint density at radius 2 is 1.79 bits per heavy atom. The van der Waals surface area contributed by atoms with Crippen molar-refractivity contribution in [3.8, 4) is 0 Å². The number of nitrogens with one attached hydrogen (secondary N) is 1. The second-order valence-electron chi connectivity index (χ2n) is 7.04. The Kier molecular flexibility index (Phi) is 9.89. The fourth-order valence-corrected chi connectivity index (χ4v) is 3.32. The summed E-state index contributed by atoms with van der Waals surface area (Å²) in [6.45, 7) is 5.29. The fourth-order valence-electron chi connectivity index (χ4n) is 3.32. The molecule has 1 aromatic heterocycles. The third-order valence-electron chi connectivity index (χ3n) is 4.87. The first-order valence-corrected chi connectivity index (χ1v) is 9.22. The minimum absolute atomic E-state index is 0. The number of carbonyl (C=O) groups is 1. The molecule has 156 valence electrons. The number of amides is 1. The number of benzene rings is 1. The van der Waals surface area contributed by atoms with Crippen LogP contribution in [-0.4, -0.2) is 66.1 Å². The zero-order chi connectivity index (χ0) is 18.5. The van der Waals surface area contributed by atoms with Crippen LogP contribution < -0.4 is 10.2 Å². The van der Waals surface area contributed by atoms with E-state index in [2.05, 4.69) is 20.5 Å². The first-order valence-electron chi connectivity index (χ1n) is 9.22. The zero-order valence-corrected chi connectivity index (χ0v) is 18.3. The lowest BCUT2D eigenvalue weighted by Gasteiger charge is -2.25. The molecule has 1 aliphatic heterocycles. The van der Waals surface area contributed by atoms with Gasteiger partial charge in [-0.1, -0.05) is 23.4 Å². The SMILES string of the molecule is Cc1c(C(=O)N(CCN(C)C)c2ccccc2)nnn1C1CCNCC1.Cl.Cl. The van der Waals surface area contributed by atoms with E-state index in [0.29, 0.717) is 18.3 Å². The zero-order valence-electron chi connectivity index (χ0n) is 16.7. The lowest BCUT2D eigenvalue weighted by atomic mass is 10.1. The van der Waals surface area contributed by atoms with Gasteiger partial charge in [-0.15, -0.1) is 29.9 Å². The molecule has 3 rings (SSSR count). The summed E-state index contributed by atoms with van der Waals surface area (Å²) in [5.41, 5.74) is 2.19. The first-order chi connectivity index (χ1) is 12.6. The van der Waals surface area contributed by atoms with Crippen molar-refractivity contribution in [3.63, 3.8) is 0 Å². The molecule has 9 heteroatoms. The van der Waals surface area contributed by atoms with Crippen LogP contribution in [0.15, 0.2) is 30.3 Å². The van der Waals surface area contributed by atoms with E-state index >= 15 is 0 Å². The average molecular weight is 429 g/mol. The van der Waals surface area contributed by atoms with Crippen molar-refractivity contribution in [3.05, 3.63) is 41.7 Å². The van der Waals surface area contributed by atoms with Crippen LogP contribution in [0.1, 0.15) is 35.1 Å². The first kappa shape index (κ1) is 24.4. The van der Waals surface area contributed by atoms with Crippen LogP contribution in [0.25, 0.3) is 0 Å². The predicted octanol–water partition coefficient (Wildman–Crippen LogP) is 2.56. The Bertz CT molecular complexity index is 731. The Labute approximate surface area is 179 Å². The Hall–Kier alpha value is -1.67.